The Morgan fingerprint density at radius 2 is 1.56 bits per heavy atom. The molecule has 3 rings (SSSR count). The topological polar surface area (TPSA) is 40.7 Å². The number of benzene rings is 2. The average molecular weight is 380 g/mol. The Balaban J connectivity index is 1.62. The van der Waals surface area contributed by atoms with Crippen LogP contribution in [0.15, 0.2) is 65.8 Å². The molecule has 0 atom stereocenters. The van der Waals surface area contributed by atoms with Crippen LogP contribution in [0.5, 0.6) is 0 Å². The summed E-state index contributed by atoms with van der Waals surface area (Å²) in [4.78, 5) is 8.47. The second kappa shape index (κ2) is 11.0. The summed E-state index contributed by atoms with van der Waals surface area (Å²) < 4.78 is 0. The molecule has 0 saturated carbocycles. The van der Waals surface area contributed by atoms with Crippen molar-refractivity contribution in [2.75, 3.05) is 18.8 Å². The number of aromatic amines is 1. The molecule has 0 aliphatic rings. The largest absolute Gasteiger partial charge is 0.332 e. The van der Waals surface area contributed by atoms with Crippen molar-refractivity contribution in [3.05, 3.63) is 60.7 Å². The van der Waals surface area contributed by atoms with E-state index in [2.05, 4.69) is 65.8 Å². The molecular formula is C23H29N3S. The van der Waals surface area contributed by atoms with Crippen molar-refractivity contribution in [1.29, 1.82) is 0 Å². The lowest BCUT2D eigenvalue weighted by atomic mass is 10.1. The van der Waals surface area contributed by atoms with Gasteiger partial charge in [-0.2, -0.15) is 0 Å². The van der Waals surface area contributed by atoms with E-state index in [9.17, 15) is 0 Å². The molecule has 27 heavy (non-hydrogen) atoms. The van der Waals surface area contributed by atoms with Crippen LogP contribution in [0.2, 0.25) is 0 Å². The molecule has 0 spiro atoms. The summed E-state index contributed by atoms with van der Waals surface area (Å²) in [6, 6.07) is 20.9. The number of thioether (sulfide) groups is 1. The fourth-order valence-corrected chi connectivity index (χ4v) is 3.91. The maximum absolute atomic E-state index is 4.91. The Morgan fingerprint density at radius 1 is 0.852 bits per heavy atom. The first-order valence-corrected chi connectivity index (χ1v) is 10.9. The standard InChI is InChI=1S/C23H29N3S/c1-2-16-24-17-10-5-11-18-27-23-25-21(19-12-6-3-7-13-19)22(26-23)20-14-8-4-9-15-20/h3-4,6-9,12-15,24H,2,5,10-11,16-18H2,1H3,(H,25,26). The van der Waals surface area contributed by atoms with E-state index < -0.39 is 0 Å². The zero-order chi connectivity index (χ0) is 18.7. The first-order valence-electron chi connectivity index (χ1n) is 9.93. The molecule has 1 heterocycles. The first-order chi connectivity index (χ1) is 13.4. The molecule has 2 aromatic carbocycles. The zero-order valence-electron chi connectivity index (χ0n) is 16.1. The molecule has 1 aromatic heterocycles. The SMILES string of the molecule is CCCNCCCCCSc1nc(-c2ccccc2)c(-c2ccccc2)[nH]1. The number of hydrogen-bond donors (Lipinski definition) is 2. The Morgan fingerprint density at radius 3 is 2.26 bits per heavy atom. The third kappa shape index (κ3) is 5.98. The van der Waals surface area contributed by atoms with Crippen molar-refractivity contribution in [1.82, 2.24) is 15.3 Å². The van der Waals surface area contributed by atoms with Crippen LogP contribution < -0.4 is 5.32 Å². The van der Waals surface area contributed by atoms with Gasteiger partial charge in [-0.1, -0.05) is 85.8 Å². The summed E-state index contributed by atoms with van der Waals surface area (Å²) in [6.45, 7) is 4.47. The fraction of sp³-hybridized carbons (Fsp3) is 0.348. The van der Waals surface area contributed by atoms with Gasteiger partial charge in [-0.15, -0.1) is 0 Å². The van der Waals surface area contributed by atoms with Gasteiger partial charge in [0.2, 0.25) is 0 Å². The number of aromatic nitrogens is 2. The van der Waals surface area contributed by atoms with E-state index >= 15 is 0 Å². The third-order valence-corrected chi connectivity index (χ3v) is 5.41. The molecule has 4 heteroatoms. The van der Waals surface area contributed by atoms with Crippen LogP contribution in [0.1, 0.15) is 32.6 Å². The molecule has 0 amide bonds. The van der Waals surface area contributed by atoms with Crippen molar-refractivity contribution in [2.45, 2.75) is 37.8 Å². The highest BCUT2D eigenvalue weighted by atomic mass is 32.2. The Bertz CT molecular complexity index is 727. The zero-order valence-corrected chi connectivity index (χ0v) is 16.9. The number of imidazole rings is 1. The smallest absolute Gasteiger partial charge is 0.166 e. The van der Waals surface area contributed by atoms with Crippen molar-refractivity contribution in [3.8, 4) is 22.5 Å². The Hall–Kier alpha value is -2.04. The van der Waals surface area contributed by atoms with Gasteiger partial charge in [0.1, 0.15) is 0 Å². The van der Waals surface area contributed by atoms with Crippen LogP contribution in [0.4, 0.5) is 0 Å². The van der Waals surface area contributed by atoms with E-state index in [1.807, 2.05) is 23.9 Å². The lowest BCUT2D eigenvalue weighted by Gasteiger charge is -2.02. The van der Waals surface area contributed by atoms with E-state index in [4.69, 9.17) is 4.98 Å². The van der Waals surface area contributed by atoms with Gasteiger partial charge in [0.15, 0.2) is 5.16 Å². The quantitative estimate of drug-likeness (QED) is 0.317. The van der Waals surface area contributed by atoms with E-state index in [1.165, 1.54) is 31.2 Å². The van der Waals surface area contributed by atoms with Gasteiger partial charge in [0.05, 0.1) is 11.4 Å². The molecule has 2 N–H and O–H groups in total. The minimum absolute atomic E-state index is 1.01. The molecule has 0 aliphatic carbocycles. The van der Waals surface area contributed by atoms with Crippen molar-refractivity contribution in [2.24, 2.45) is 0 Å². The molecule has 0 radical (unpaired) electrons. The van der Waals surface area contributed by atoms with Crippen molar-refractivity contribution in [3.63, 3.8) is 0 Å². The van der Waals surface area contributed by atoms with Crippen LogP contribution >= 0.6 is 11.8 Å². The van der Waals surface area contributed by atoms with Gasteiger partial charge in [0, 0.05) is 16.9 Å². The third-order valence-electron chi connectivity index (χ3n) is 4.46. The van der Waals surface area contributed by atoms with E-state index in [0.29, 0.717) is 0 Å². The monoisotopic (exact) mass is 379 g/mol. The van der Waals surface area contributed by atoms with E-state index in [-0.39, 0.29) is 0 Å². The second-order valence-corrected chi connectivity index (χ2v) is 7.74. The molecular weight excluding hydrogens is 350 g/mol. The second-order valence-electron chi connectivity index (χ2n) is 6.66. The normalized spacial score (nSPS) is 11.0. The number of H-pyrrole nitrogens is 1. The van der Waals surface area contributed by atoms with Crippen molar-refractivity contribution < 1.29 is 0 Å². The first kappa shape index (κ1) is 19.7. The van der Waals surface area contributed by atoms with Crippen LogP contribution in [0, 0.1) is 0 Å². The molecule has 3 aromatic rings. The molecule has 0 saturated heterocycles. The average Bonchev–Trinajstić information content (AvgIpc) is 3.15. The highest BCUT2D eigenvalue weighted by Gasteiger charge is 2.14. The van der Waals surface area contributed by atoms with Crippen LogP contribution in [-0.2, 0) is 0 Å². The summed E-state index contributed by atoms with van der Waals surface area (Å²) in [5, 5.41) is 4.48. The number of hydrogen-bond acceptors (Lipinski definition) is 3. The van der Waals surface area contributed by atoms with E-state index in [0.717, 1.165) is 41.0 Å². The summed E-state index contributed by atoms with van der Waals surface area (Å²) in [5.74, 6) is 1.10. The Labute approximate surface area is 167 Å². The summed E-state index contributed by atoms with van der Waals surface area (Å²) in [7, 11) is 0. The van der Waals surface area contributed by atoms with Gasteiger partial charge >= 0.3 is 0 Å². The van der Waals surface area contributed by atoms with E-state index in [1.54, 1.807) is 0 Å². The predicted molar refractivity (Wildman–Crippen MR) is 117 cm³/mol. The van der Waals surface area contributed by atoms with Crippen LogP contribution in [0.25, 0.3) is 22.5 Å². The van der Waals surface area contributed by atoms with Crippen molar-refractivity contribution >= 4 is 11.8 Å². The van der Waals surface area contributed by atoms with Crippen LogP contribution in [0.3, 0.4) is 0 Å². The number of nitrogens with zero attached hydrogens (tertiary/aromatic N) is 1. The highest BCUT2D eigenvalue weighted by Crippen LogP contribution is 2.32. The summed E-state index contributed by atoms with van der Waals surface area (Å²) >= 11 is 1.83. The fourth-order valence-electron chi connectivity index (χ4n) is 3.04. The number of nitrogens with one attached hydrogen (secondary N) is 2. The van der Waals surface area contributed by atoms with Crippen LogP contribution in [-0.4, -0.2) is 28.8 Å². The Kier molecular flexibility index (Phi) is 8.00. The minimum atomic E-state index is 1.01. The number of rotatable bonds is 11. The minimum Gasteiger partial charge on any atom is -0.332 e. The molecule has 0 fully saturated rings. The summed E-state index contributed by atoms with van der Waals surface area (Å²) in [5.41, 5.74) is 4.47. The van der Waals surface area contributed by atoms with Gasteiger partial charge in [-0.05, 0) is 32.4 Å². The molecule has 3 nitrogen and oxygen atoms in total. The molecule has 0 bridgehead atoms. The van der Waals surface area contributed by atoms with Gasteiger partial charge in [-0.3, -0.25) is 0 Å². The lowest BCUT2D eigenvalue weighted by Crippen LogP contribution is -2.15. The predicted octanol–water partition coefficient (Wildman–Crippen LogP) is 6.01. The number of unbranched alkanes of at least 4 members (excludes halogenated alkanes) is 2. The molecule has 0 aliphatic heterocycles. The highest BCUT2D eigenvalue weighted by molar-refractivity contribution is 7.99. The van der Waals surface area contributed by atoms with Gasteiger partial charge < -0.3 is 10.3 Å². The maximum Gasteiger partial charge on any atom is 0.166 e. The van der Waals surface area contributed by atoms with Gasteiger partial charge in [-0.25, -0.2) is 4.98 Å². The molecule has 0 unspecified atom stereocenters. The maximum atomic E-state index is 4.91. The molecule has 142 valence electrons. The van der Waals surface area contributed by atoms with Gasteiger partial charge in [0.25, 0.3) is 0 Å². The summed E-state index contributed by atoms with van der Waals surface area (Å²) in [6.07, 6.45) is 4.95. The lowest BCUT2D eigenvalue weighted by molar-refractivity contribution is 0.613.